The molecule has 32 heavy (non-hydrogen) atoms. The molecule has 0 radical (unpaired) electrons. The van der Waals surface area contributed by atoms with Gasteiger partial charge in [0.2, 0.25) is 4.77 Å². The van der Waals surface area contributed by atoms with Crippen LogP contribution in [0.3, 0.4) is 0 Å². The van der Waals surface area contributed by atoms with E-state index in [4.69, 9.17) is 37.4 Å². The van der Waals surface area contributed by atoms with Gasteiger partial charge >= 0.3 is 23.5 Å². The molecule has 0 aromatic carbocycles. The average Bonchev–Trinajstić information content (AvgIpc) is 2.85. The minimum absolute atomic E-state index is 0.499. The van der Waals surface area contributed by atoms with Gasteiger partial charge in [0.05, 0.1) is 6.61 Å². The molecule has 0 bridgehead atoms. The van der Waals surface area contributed by atoms with Crippen molar-refractivity contribution in [2.24, 2.45) is 0 Å². The predicted octanol–water partition coefficient (Wildman–Crippen LogP) is -0.364. The maximum atomic E-state index is 13.8. The van der Waals surface area contributed by atoms with E-state index < -0.39 is 77.2 Å². The van der Waals surface area contributed by atoms with Crippen molar-refractivity contribution < 1.29 is 70.1 Å². The lowest BCUT2D eigenvalue weighted by Gasteiger charge is -2.29. The number of nitrogen functional groups attached to an aromatic ring is 1. The summed E-state index contributed by atoms with van der Waals surface area (Å²) in [6.07, 6.45) is -5.39. The number of ether oxygens (including phenoxy) is 1. The highest BCUT2D eigenvalue weighted by molar-refractivity contribution is 7.71. The number of aliphatic hydroxyl groups excluding tert-OH is 1. The van der Waals surface area contributed by atoms with Crippen LogP contribution in [0.5, 0.6) is 0 Å². The summed E-state index contributed by atoms with van der Waals surface area (Å²) in [5.74, 6) is -1.77. The maximum Gasteiger partial charge on any atom is 0.490 e. The lowest BCUT2D eigenvalue weighted by Crippen LogP contribution is -2.49. The van der Waals surface area contributed by atoms with Gasteiger partial charge in [0, 0.05) is 6.20 Å². The lowest BCUT2D eigenvalue weighted by molar-refractivity contribution is -0.120. The fraction of sp³-hybridized carbons (Fsp3) is 0.600. The number of halogens is 2. The summed E-state index contributed by atoms with van der Waals surface area (Å²) in [6.45, 7) is -2.92. The van der Waals surface area contributed by atoms with E-state index in [2.05, 4.69) is 18.1 Å². The number of hydrogen-bond donors (Lipinski definition) is 7. The molecule has 0 amide bonds. The normalized spacial score (nSPS) is 30.1. The molecule has 2 heterocycles. The molecule has 184 valence electrons. The van der Waals surface area contributed by atoms with Crippen LogP contribution in [0.1, 0.15) is 6.23 Å². The molecule has 1 aromatic heterocycles. The topological polar surface area (TPSA) is 253 Å². The Balaban J connectivity index is 2.21. The number of hydrogen-bond acceptors (Lipinski definition) is 12. The fourth-order valence-electron chi connectivity index (χ4n) is 2.50. The highest BCUT2D eigenvalue weighted by atomic mass is 32.1. The van der Waals surface area contributed by atoms with E-state index in [0.717, 1.165) is 0 Å². The summed E-state index contributed by atoms with van der Waals surface area (Å²) in [5, 5.41) is 20.7. The number of rotatable bonds is 9. The van der Waals surface area contributed by atoms with E-state index in [0.29, 0.717) is 10.8 Å². The molecule has 0 spiro atoms. The van der Waals surface area contributed by atoms with Crippen molar-refractivity contribution in [2.45, 2.75) is 24.0 Å². The van der Waals surface area contributed by atoms with E-state index in [1.54, 1.807) is 0 Å². The number of aliphatic hydroxyl groups is 2. The Bertz CT molecular complexity index is 1070. The van der Waals surface area contributed by atoms with Gasteiger partial charge in [-0.15, -0.1) is 0 Å². The zero-order chi connectivity index (χ0) is 24.7. The highest BCUT2D eigenvalue weighted by Gasteiger charge is 2.57. The van der Waals surface area contributed by atoms with Crippen LogP contribution in [0.4, 0.5) is 14.6 Å². The molecule has 1 aliphatic rings. The zero-order valence-electron chi connectivity index (χ0n) is 15.2. The summed E-state index contributed by atoms with van der Waals surface area (Å²) in [6, 6.07) is 0. The Labute approximate surface area is 181 Å². The van der Waals surface area contributed by atoms with Crippen molar-refractivity contribution in [1.82, 2.24) is 9.55 Å². The van der Waals surface area contributed by atoms with Gasteiger partial charge in [-0.2, -0.15) is 13.6 Å². The molecule has 2 rings (SSSR count). The highest BCUT2D eigenvalue weighted by Crippen LogP contribution is 2.66. The Morgan fingerprint density at radius 3 is 2.38 bits per heavy atom. The molecule has 6 atom stereocenters. The molecule has 1 aromatic rings. The molecule has 0 aliphatic carbocycles. The SMILES string of the molecule is Nc1nc(=S)n([C@@H]2O[C@H](COP(=O)(O)OP(=O)(O)OP(=O)(O)O)[C@H](O)C2(O)CF)cc1F. The molecule has 8 N–H and O–H groups in total. The summed E-state index contributed by atoms with van der Waals surface area (Å²) in [7, 11) is -17.0. The van der Waals surface area contributed by atoms with Gasteiger partial charge in [-0.05, 0) is 12.2 Å². The van der Waals surface area contributed by atoms with Crippen LogP contribution in [0.25, 0.3) is 0 Å². The smallest absolute Gasteiger partial charge is 0.387 e. The first kappa shape index (κ1) is 27.5. The van der Waals surface area contributed by atoms with Crippen LogP contribution in [0.2, 0.25) is 0 Å². The van der Waals surface area contributed by atoms with Crippen molar-refractivity contribution >= 4 is 41.5 Å². The van der Waals surface area contributed by atoms with Crippen molar-refractivity contribution in [3.8, 4) is 0 Å². The van der Waals surface area contributed by atoms with Crippen LogP contribution in [0.15, 0.2) is 6.20 Å². The first-order valence-electron chi connectivity index (χ1n) is 7.85. The number of phosphoric ester groups is 1. The standard InChI is InChI=1S/C10H16F2N3O13P3S/c11-3-10(17)6(16)5(26-8(10)15-1-4(12)7(13)14-9(15)32)2-25-30(21,22)28-31(23,24)27-29(18,19)20/h1,5-6,8,16-17H,2-3H2,(H,21,22)(H,23,24)(H2,13,14,32)(H2,18,19,20)/t5-,6+,8-,10?/m1/s1. The van der Waals surface area contributed by atoms with Gasteiger partial charge in [-0.3, -0.25) is 9.09 Å². The summed E-state index contributed by atoms with van der Waals surface area (Å²) in [5.41, 5.74) is 2.44. The first-order valence-corrected chi connectivity index (χ1v) is 12.8. The van der Waals surface area contributed by atoms with Crippen LogP contribution in [-0.4, -0.2) is 70.4 Å². The molecule has 1 aliphatic heterocycles. The zero-order valence-corrected chi connectivity index (χ0v) is 18.7. The minimum atomic E-state index is -5.81. The number of nitrogens with two attached hydrogens (primary N) is 1. The Morgan fingerprint density at radius 2 is 1.84 bits per heavy atom. The number of aromatic nitrogens is 2. The van der Waals surface area contributed by atoms with E-state index in [1.165, 1.54) is 0 Å². The van der Waals surface area contributed by atoms with E-state index in [1.807, 2.05) is 0 Å². The predicted molar refractivity (Wildman–Crippen MR) is 98.1 cm³/mol. The molecular formula is C10H16F2N3O13P3S. The molecule has 16 nitrogen and oxygen atoms in total. The van der Waals surface area contributed by atoms with Gasteiger partial charge in [-0.25, -0.2) is 22.5 Å². The number of nitrogens with zero attached hydrogens (tertiary/aromatic N) is 2. The minimum Gasteiger partial charge on any atom is -0.387 e. The molecule has 3 unspecified atom stereocenters. The largest absolute Gasteiger partial charge is 0.490 e. The number of anilines is 1. The molecule has 1 saturated heterocycles. The van der Waals surface area contributed by atoms with Gasteiger partial charge < -0.3 is 40.3 Å². The van der Waals surface area contributed by atoms with Crippen molar-refractivity contribution in [3.63, 3.8) is 0 Å². The fourth-order valence-corrected chi connectivity index (χ4v) is 5.78. The summed E-state index contributed by atoms with van der Waals surface area (Å²) in [4.78, 5) is 38.9. The quantitative estimate of drug-likeness (QED) is 0.153. The van der Waals surface area contributed by atoms with Crippen molar-refractivity contribution in [2.75, 3.05) is 19.0 Å². The third-order valence-electron chi connectivity index (χ3n) is 3.81. The number of phosphoric acid groups is 3. The summed E-state index contributed by atoms with van der Waals surface area (Å²) < 4.78 is 77.6. The molecule has 22 heteroatoms. The molecular weight excluding hydrogens is 533 g/mol. The third kappa shape index (κ3) is 6.43. The van der Waals surface area contributed by atoms with Crippen LogP contribution in [0, 0.1) is 10.6 Å². The van der Waals surface area contributed by atoms with E-state index in [9.17, 15) is 37.6 Å². The number of alkyl halides is 1. The Hall–Kier alpha value is -0.750. The second kappa shape index (κ2) is 9.48. The lowest BCUT2D eigenvalue weighted by atomic mass is 9.95. The van der Waals surface area contributed by atoms with Crippen molar-refractivity contribution in [3.05, 3.63) is 16.8 Å². The first-order chi connectivity index (χ1) is 14.4. The van der Waals surface area contributed by atoms with Gasteiger partial charge in [-0.1, -0.05) is 0 Å². The molecule has 0 saturated carbocycles. The second-order valence-electron chi connectivity index (χ2n) is 6.15. The second-order valence-corrected chi connectivity index (χ2v) is 10.9. The monoisotopic (exact) mass is 549 g/mol. The third-order valence-corrected chi connectivity index (χ3v) is 7.92. The van der Waals surface area contributed by atoms with Crippen molar-refractivity contribution in [1.29, 1.82) is 0 Å². The van der Waals surface area contributed by atoms with Gasteiger partial charge in [0.15, 0.2) is 23.5 Å². The Morgan fingerprint density at radius 1 is 1.25 bits per heavy atom. The van der Waals surface area contributed by atoms with E-state index in [-0.39, 0.29) is 0 Å². The van der Waals surface area contributed by atoms with E-state index >= 15 is 0 Å². The maximum absolute atomic E-state index is 13.8. The average molecular weight is 549 g/mol. The van der Waals surface area contributed by atoms with Crippen LogP contribution >= 0.6 is 35.7 Å². The Kier molecular flexibility index (Phi) is 8.15. The van der Waals surface area contributed by atoms with Crippen LogP contribution in [-0.2, 0) is 31.6 Å². The van der Waals surface area contributed by atoms with Gasteiger partial charge in [0.25, 0.3) is 0 Å². The van der Waals surface area contributed by atoms with Crippen LogP contribution < -0.4 is 5.73 Å². The molecule has 1 fully saturated rings. The summed E-state index contributed by atoms with van der Waals surface area (Å²) >= 11 is 4.83. The van der Waals surface area contributed by atoms with Gasteiger partial charge in [0.1, 0.15) is 18.9 Å².